The largest absolute Gasteiger partial charge is 0.369 e. The molecule has 0 radical (unpaired) electrons. The fourth-order valence-electron chi connectivity index (χ4n) is 1.52. The standard InChI is InChI=1S/C13H14N4O3S/c1-9-12(13(20-15-9)14-8-16(2)3)21-11-7-5-4-6-10(11)17(18)19/h4-8H,1-3H3. The molecule has 0 N–H and O–H groups in total. The van der Waals surface area contributed by atoms with Gasteiger partial charge in [-0.1, -0.05) is 29.1 Å². The van der Waals surface area contributed by atoms with E-state index in [1.54, 1.807) is 36.4 Å². The van der Waals surface area contributed by atoms with Crippen LogP contribution in [0.15, 0.2) is 43.6 Å². The lowest BCUT2D eigenvalue weighted by Crippen LogP contribution is -2.06. The normalized spacial score (nSPS) is 11.0. The smallest absolute Gasteiger partial charge is 0.283 e. The average molecular weight is 306 g/mol. The van der Waals surface area contributed by atoms with Gasteiger partial charge in [-0.3, -0.25) is 10.1 Å². The summed E-state index contributed by atoms with van der Waals surface area (Å²) in [5, 5.41) is 14.9. The van der Waals surface area contributed by atoms with Crippen molar-refractivity contribution in [2.75, 3.05) is 14.1 Å². The van der Waals surface area contributed by atoms with E-state index in [2.05, 4.69) is 10.1 Å². The Balaban J connectivity index is 2.36. The molecule has 0 aliphatic heterocycles. The number of nitrogens with zero attached hydrogens (tertiary/aromatic N) is 4. The number of para-hydroxylation sites is 1. The quantitative estimate of drug-likeness (QED) is 0.365. The van der Waals surface area contributed by atoms with Crippen LogP contribution in [0.3, 0.4) is 0 Å². The molecule has 1 aromatic carbocycles. The molecule has 0 bridgehead atoms. The molecule has 1 aromatic heterocycles. The van der Waals surface area contributed by atoms with Crippen molar-refractivity contribution < 1.29 is 9.45 Å². The highest BCUT2D eigenvalue weighted by molar-refractivity contribution is 7.99. The predicted molar refractivity (Wildman–Crippen MR) is 80.3 cm³/mol. The molecule has 2 aromatic rings. The number of hydrogen-bond donors (Lipinski definition) is 0. The van der Waals surface area contributed by atoms with Gasteiger partial charge in [-0.25, -0.2) is 4.99 Å². The lowest BCUT2D eigenvalue weighted by molar-refractivity contribution is -0.387. The molecule has 0 atom stereocenters. The minimum absolute atomic E-state index is 0.0469. The van der Waals surface area contributed by atoms with Crippen LogP contribution < -0.4 is 0 Å². The van der Waals surface area contributed by atoms with Gasteiger partial charge in [0.2, 0.25) is 0 Å². The zero-order valence-corrected chi connectivity index (χ0v) is 12.6. The van der Waals surface area contributed by atoms with Gasteiger partial charge >= 0.3 is 0 Å². The molecule has 7 nitrogen and oxygen atoms in total. The number of hydrogen-bond acceptors (Lipinski definition) is 6. The Hall–Kier alpha value is -2.35. The molecule has 2 rings (SSSR count). The van der Waals surface area contributed by atoms with Gasteiger partial charge in [0, 0.05) is 20.2 Å². The molecular formula is C13H14N4O3S. The van der Waals surface area contributed by atoms with Crippen molar-refractivity contribution in [3.8, 4) is 0 Å². The number of aryl methyl sites for hydroxylation is 1. The minimum Gasteiger partial charge on any atom is -0.369 e. The van der Waals surface area contributed by atoms with Gasteiger partial charge in [0.05, 0.1) is 21.9 Å². The van der Waals surface area contributed by atoms with E-state index >= 15 is 0 Å². The Morgan fingerprint density at radius 1 is 1.43 bits per heavy atom. The van der Waals surface area contributed by atoms with E-state index in [1.165, 1.54) is 17.8 Å². The van der Waals surface area contributed by atoms with Gasteiger partial charge in [-0.2, -0.15) is 0 Å². The summed E-state index contributed by atoms with van der Waals surface area (Å²) in [4.78, 5) is 17.8. The topological polar surface area (TPSA) is 84.8 Å². The number of nitro benzene ring substituents is 1. The lowest BCUT2D eigenvalue weighted by Gasteiger charge is -2.03. The highest BCUT2D eigenvalue weighted by Crippen LogP contribution is 2.41. The Morgan fingerprint density at radius 3 is 2.81 bits per heavy atom. The third kappa shape index (κ3) is 3.60. The molecule has 0 amide bonds. The predicted octanol–water partition coefficient (Wildman–Crippen LogP) is 3.26. The van der Waals surface area contributed by atoms with Gasteiger partial charge < -0.3 is 9.42 Å². The summed E-state index contributed by atoms with van der Waals surface area (Å²) in [6.45, 7) is 1.77. The van der Waals surface area contributed by atoms with Crippen LogP contribution >= 0.6 is 11.8 Å². The van der Waals surface area contributed by atoms with Crippen LogP contribution in [0.25, 0.3) is 0 Å². The van der Waals surface area contributed by atoms with E-state index in [1.807, 2.05) is 14.1 Å². The van der Waals surface area contributed by atoms with Gasteiger partial charge in [-0.05, 0) is 13.0 Å². The first kappa shape index (κ1) is 15.0. The van der Waals surface area contributed by atoms with Crippen LogP contribution in [-0.4, -0.2) is 35.4 Å². The second-order valence-electron chi connectivity index (χ2n) is 4.44. The second-order valence-corrected chi connectivity index (χ2v) is 5.49. The van der Waals surface area contributed by atoms with Crippen molar-refractivity contribution in [2.24, 2.45) is 4.99 Å². The monoisotopic (exact) mass is 306 g/mol. The van der Waals surface area contributed by atoms with Gasteiger partial charge in [-0.15, -0.1) is 0 Å². The van der Waals surface area contributed by atoms with Crippen molar-refractivity contribution in [3.63, 3.8) is 0 Å². The van der Waals surface area contributed by atoms with E-state index in [0.717, 1.165) is 0 Å². The SMILES string of the molecule is Cc1noc(N=CN(C)C)c1Sc1ccccc1[N+](=O)[O-]. The van der Waals surface area contributed by atoms with Crippen LogP contribution in [-0.2, 0) is 0 Å². The number of aliphatic imine (C=N–C) groups is 1. The summed E-state index contributed by atoms with van der Waals surface area (Å²) < 4.78 is 5.15. The highest BCUT2D eigenvalue weighted by Gasteiger charge is 2.19. The van der Waals surface area contributed by atoms with Crippen molar-refractivity contribution in [3.05, 3.63) is 40.1 Å². The Kier molecular flexibility index (Phi) is 4.59. The number of nitro groups is 1. The zero-order chi connectivity index (χ0) is 15.4. The van der Waals surface area contributed by atoms with E-state index in [4.69, 9.17) is 4.52 Å². The summed E-state index contributed by atoms with van der Waals surface area (Å²) in [6.07, 6.45) is 1.59. The van der Waals surface area contributed by atoms with Crippen LogP contribution in [0.1, 0.15) is 5.69 Å². The van der Waals surface area contributed by atoms with Gasteiger partial charge in [0.1, 0.15) is 4.90 Å². The van der Waals surface area contributed by atoms with Crippen molar-refractivity contribution in [1.29, 1.82) is 0 Å². The molecule has 0 unspecified atom stereocenters. The third-order valence-corrected chi connectivity index (χ3v) is 3.71. The summed E-state index contributed by atoms with van der Waals surface area (Å²) in [6, 6.07) is 6.54. The molecular weight excluding hydrogens is 292 g/mol. The zero-order valence-electron chi connectivity index (χ0n) is 11.8. The maximum absolute atomic E-state index is 11.1. The van der Waals surface area contributed by atoms with Crippen LogP contribution in [0.5, 0.6) is 0 Å². The maximum Gasteiger partial charge on any atom is 0.283 e. The second kappa shape index (κ2) is 6.40. The van der Waals surface area contributed by atoms with E-state index in [-0.39, 0.29) is 5.69 Å². The first-order valence-electron chi connectivity index (χ1n) is 6.07. The fourth-order valence-corrected chi connectivity index (χ4v) is 2.50. The fraction of sp³-hybridized carbons (Fsp3) is 0.231. The Bertz CT molecular complexity index is 682. The van der Waals surface area contributed by atoms with E-state index in [9.17, 15) is 10.1 Å². The molecule has 21 heavy (non-hydrogen) atoms. The van der Waals surface area contributed by atoms with Crippen LogP contribution in [0.2, 0.25) is 0 Å². The van der Waals surface area contributed by atoms with Crippen molar-refractivity contribution in [1.82, 2.24) is 10.1 Å². The van der Waals surface area contributed by atoms with Gasteiger partial charge in [0.25, 0.3) is 11.6 Å². The molecule has 0 spiro atoms. The molecule has 0 aliphatic rings. The molecule has 0 aliphatic carbocycles. The van der Waals surface area contributed by atoms with E-state index < -0.39 is 4.92 Å². The highest BCUT2D eigenvalue weighted by atomic mass is 32.2. The van der Waals surface area contributed by atoms with Gasteiger partial charge in [0.15, 0.2) is 0 Å². The minimum atomic E-state index is -0.409. The summed E-state index contributed by atoms with van der Waals surface area (Å²) in [5.41, 5.74) is 0.690. The first-order valence-corrected chi connectivity index (χ1v) is 6.89. The summed E-state index contributed by atoms with van der Waals surface area (Å²) >= 11 is 1.22. The Morgan fingerprint density at radius 2 is 2.14 bits per heavy atom. The first-order chi connectivity index (χ1) is 9.99. The molecule has 1 heterocycles. The van der Waals surface area contributed by atoms with Crippen LogP contribution in [0.4, 0.5) is 11.6 Å². The molecule has 0 saturated heterocycles. The van der Waals surface area contributed by atoms with Crippen molar-refractivity contribution >= 4 is 29.7 Å². The summed E-state index contributed by atoms with van der Waals surface area (Å²) in [7, 11) is 3.67. The maximum atomic E-state index is 11.1. The number of benzene rings is 1. The van der Waals surface area contributed by atoms with Crippen LogP contribution in [0, 0.1) is 17.0 Å². The molecule has 8 heteroatoms. The lowest BCUT2D eigenvalue weighted by atomic mass is 10.3. The summed E-state index contributed by atoms with van der Waals surface area (Å²) in [5.74, 6) is 0.337. The number of aromatic nitrogens is 1. The molecule has 0 saturated carbocycles. The van der Waals surface area contributed by atoms with E-state index in [0.29, 0.717) is 21.4 Å². The molecule has 110 valence electrons. The molecule has 0 fully saturated rings. The van der Waals surface area contributed by atoms with Crippen molar-refractivity contribution in [2.45, 2.75) is 16.7 Å². The third-order valence-electron chi connectivity index (χ3n) is 2.47. The number of rotatable bonds is 5. The Labute approximate surface area is 125 Å². The average Bonchev–Trinajstić information content (AvgIpc) is 2.78.